The van der Waals surface area contributed by atoms with Gasteiger partial charge in [-0.1, -0.05) is 12.1 Å². The summed E-state index contributed by atoms with van der Waals surface area (Å²) in [5, 5.41) is 3.01. The largest absolute Gasteiger partial charge is 0.383 e. The minimum atomic E-state index is -0.0445. The summed E-state index contributed by atoms with van der Waals surface area (Å²) in [5.41, 5.74) is 2.74. The van der Waals surface area contributed by atoms with E-state index in [9.17, 15) is 4.79 Å². The smallest absolute Gasteiger partial charge is 0.253 e. The number of hydrogen-bond acceptors (Lipinski definition) is 4. The van der Waals surface area contributed by atoms with Gasteiger partial charge in [0, 0.05) is 38.6 Å². The van der Waals surface area contributed by atoms with E-state index < -0.39 is 0 Å². The van der Waals surface area contributed by atoms with Gasteiger partial charge in [-0.3, -0.25) is 4.79 Å². The molecule has 0 bridgehead atoms. The van der Waals surface area contributed by atoms with Gasteiger partial charge in [0.15, 0.2) is 0 Å². The maximum Gasteiger partial charge on any atom is 0.253 e. The number of ether oxygens (including phenoxy) is 1. The molecule has 1 N–H and O–H groups in total. The second kappa shape index (κ2) is 7.97. The van der Waals surface area contributed by atoms with Crippen molar-refractivity contribution in [2.75, 3.05) is 31.7 Å². The van der Waals surface area contributed by atoms with Gasteiger partial charge in [-0.15, -0.1) is 0 Å². The van der Waals surface area contributed by atoms with Crippen molar-refractivity contribution in [1.29, 1.82) is 0 Å². The zero-order valence-corrected chi connectivity index (χ0v) is 14.1. The molecule has 0 spiro atoms. The molecule has 24 heavy (non-hydrogen) atoms. The molecule has 0 radical (unpaired) electrons. The first kappa shape index (κ1) is 16.5. The number of nitrogens with one attached hydrogen (secondary N) is 1. The average Bonchev–Trinajstić information content (AvgIpc) is 3.29. The van der Waals surface area contributed by atoms with Gasteiger partial charge in [-0.05, 0) is 25.0 Å². The van der Waals surface area contributed by atoms with Gasteiger partial charge in [0.2, 0.25) is 0 Å². The van der Waals surface area contributed by atoms with Crippen molar-refractivity contribution in [2.24, 2.45) is 0 Å². The molecule has 1 saturated heterocycles. The van der Waals surface area contributed by atoms with Crippen LogP contribution in [0, 0.1) is 0 Å². The molecule has 1 aliphatic heterocycles. The SMILES string of the molecule is COCCn1cncc1CNC(=O)c1ccccc1N1CCCC1. The zero-order chi connectivity index (χ0) is 16.8. The number of carbonyl (C=O) groups excluding carboxylic acids is 1. The van der Waals surface area contributed by atoms with Crippen LogP contribution in [0.5, 0.6) is 0 Å². The lowest BCUT2D eigenvalue weighted by molar-refractivity contribution is 0.0950. The molecular weight excluding hydrogens is 304 g/mol. The highest BCUT2D eigenvalue weighted by Gasteiger charge is 2.19. The summed E-state index contributed by atoms with van der Waals surface area (Å²) in [6.07, 6.45) is 5.92. The number of amides is 1. The summed E-state index contributed by atoms with van der Waals surface area (Å²) >= 11 is 0. The van der Waals surface area contributed by atoms with E-state index in [2.05, 4.69) is 15.2 Å². The monoisotopic (exact) mass is 328 g/mol. The van der Waals surface area contributed by atoms with Crippen LogP contribution in [0.2, 0.25) is 0 Å². The number of nitrogens with zero attached hydrogens (tertiary/aromatic N) is 3. The molecule has 0 saturated carbocycles. The number of aromatic nitrogens is 2. The number of carbonyl (C=O) groups is 1. The Balaban J connectivity index is 1.66. The highest BCUT2D eigenvalue weighted by atomic mass is 16.5. The second-order valence-corrected chi connectivity index (χ2v) is 5.97. The number of anilines is 1. The van der Waals surface area contributed by atoms with E-state index in [1.54, 1.807) is 19.6 Å². The van der Waals surface area contributed by atoms with Gasteiger partial charge in [-0.2, -0.15) is 0 Å². The molecule has 2 aromatic rings. The lowest BCUT2D eigenvalue weighted by Crippen LogP contribution is -2.28. The number of imidazole rings is 1. The second-order valence-electron chi connectivity index (χ2n) is 5.97. The predicted molar refractivity (Wildman–Crippen MR) is 93.2 cm³/mol. The zero-order valence-electron chi connectivity index (χ0n) is 14.1. The Kier molecular flexibility index (Phi) is 5.48. The van der Waals surface area contributed by atoms with E-state index in [0.717, 1.165) is 36.6 Å². The number of rotatable bonds is 7. The van der Waals surface area contributed by atoms with Crippen molar-refractivity contribution in [1.82, 2.24) is 14.9 Å². The van der Waals surface area contributed by atoms with E-state index in [1.165, 1.54) is 12.8 Å². The predicted octanol–water partition coefficient (Wildman–Crippen LogP) is 2.06. The fraction of sp³-hybridized carbons (Fsp3) is 0.444. The Bertz CT molecular complexity index is 677. The number of para-hydroxylation sites is 1. The number of hydrogen-bond donors (Lipinski definition) is 1. The van der Waals surface area contributed by atoms with E-state index in [0.29, 0.717) is 13.2 Å². The van der Waals surface area contributed by atoms with Crippen molar-refractivity contribution < 1.29 is 9.53 Å². The maximum atomic E-state index is 12.7. The van der Waals surface area contributed by atoms with Gasteiger partial charge in [-0.25, -0.2) is 4.98 Å². The van der Waals surface area contributed by atoms with Crippen molar-refractivity contribution in [3.05, 3.63) is 48.0 Å². The average molecular weight is 328 g/mol. The van der Waals surface area contributed by atoms with Crippen molar-refractivity contribution >= 4 is 11.6 Å². The third-order valence-corrected chi connectivity index (χ3v) is 4.36. The molecule has 1 aliphatic rings. The first-order valence-electron chi connectivity index (χ1n) is 8.39. The summed E-state index contributed by atoms with van der Waals surface area (Å²) in [4.78, 5) is 19.1. The van der Waals surface area contributed by atoms with Crippen LogP contribution in [0.25, 0.3) is 0 Å². The van der Waals surface area contributed by atoms with Crippen molar-refractivity contribution in [3.63, 3.8) is 0 Å². The third kappa shape index (κ3) is 3.76. The standard InChI is InChI=1S/C18H24N4O2/c1-24-11-10-22-14-19-12-15(22)13-20-18(23)16-6-2-3-7-17(16)21-8-4-5-9-21/h2-3,6-7,12,14H,4-5,8-11,13H2,1H3,(H,20,23). The highest BCUT2D eigenvalue weighted by Crippen LogP contribution is 2.24. The van der Waals surface area contributed by atoms with Gasteiger partial charge < -0.3 is 19.5 Å². The summed E-state index contributed by atoms with van der Waals surface area (Å²) in [5.74, 6) is -0.0445. The Hall–Kier alpha value is -2.34. The molecular formula is C18H24N4O2. The summed E-state index contributed by atoms with van der Waals surface area (Å²) in [7, 11) is 1.67. The first-order chi connectivity index (χ1) is 11.8. The van der Waals surface area contributed by atoms with Crippen LogP contribution in [-0.4, -0.2) is 42.3 Å². The lowest BCUT2D eigenvalue weighted by atomic mass is 10.1. The summed E-state index contributed by atoms with van der Waals surface area (Å²) < 4.78 is 7.09. The molecule has 3 rings (SSSR count). The van der Waals surface area contributed by atoms with E-state index in [4.69, 9.17) is 4.74 Å². The van der Waals surface area contributed by atoms with Crippen LogP contribution in [0.1, 0.15) is 28.9 Å². The summed E-state index contributed by atoms with van der Waals surface area (Å²) in [6, 6.07) is 7.83. The third-order valence-electron chi connectivity index (χ3n) is 4.36. The molecule has 0 aliphatic carbocycles. The summed E-state index contributed by atoms with van der Waals surface area (Å²) in [6.45, 7) is 3.85. The van der Waals surface area contributed by atoms with Gasteiger partial charge in [0.25, 0.3) is 5.91 Å². The molecule has 1 aromatic heterocycles. The van der Waals surface area contributed by atoms with Crippen molar-refractivity contribution in [2.45, 2.75) is 25.9 Å². The Morgan fingerprint density at radius 1 is 1.29 bits per heavy atom. The fourth-order valence-electron chi connectivity index (χ4n) is 3.05. The van der Waals surface area contributed by atoms with Crippen LogP contribution in [0.3, 0.4) is 0 Å². The Morgan fingerprint density at radius 3 is 2.88 bits per heavy atom. The number of benzene rings is 1. The van der Waals surface area contributed by atoms with Crippen molar-refractivity contribution in [3.8, 4) is 0 Å². The molecule has 2 heterocycles. The van der Waals surface area contributed by atoms with E-state index in [-0.39, 0.29) is 5.91 Å². The lowest BCUT2D eigenvalue weighted by Gasteiger charge is -2.21. The maximum absolute atomic E-state index is 12.7. The molecule has 128 valence electrons. The fourth-order valence-corrected chi connectivity index (χ4v) is 3.05. The van der Waals surface area contributed by atoms with Gasteiger partial charge in [0.05, 0.1) is 30.7 Å². The minimum Gasteiger partial charge on any atom is -0.383 e. The van der Waals surface area contributed by atoms with Crippen LogP contribution < -0.4 is 10.2 Å². The van der Waals surface area contributed by atoms with Crippen LogP contribution in [0.4, 0.5) is 5.69 Å². The molecule has 1 amide bonds. The quantitative estimate of drug-likeness (QED) is 0.845. The van der Waals surface area contributed by atoms with Crippen LogP contribution in [0.15, 0.2) is 36.8 Å². The Morgan fingerprint density at radius 2 is 2.08 bits per heavy atom. The topological polar surface area (TPSA) is 59.4 Å². The number of methoxy groups -OCH3 is 1. The van der Waals surface area contributed by atoms with E-state index in [1.807, 2.05) is 28.8 Å². The van der Waals surface area contributed by atoms with Crippen LogP contribution >= 0.6 is 0 Å². The molecule has 6 heteroatoms. The molecule has 0 unspecified atom stereocenters. The molecule has 1 fully saturated rings. The van der Waals surface area contributed by atoms with Gasteiger partial charge >= 0.3 is 0 Å². The molecule has 6 nitrogen and oxygen atoms in total. The highest BCUT2D eigenvalue weighted by molar-refractivity contribution is 5.99. The Labute approximate surface area is 142 Å². The minimum absolute atomic E-state index is 0.0445. The first-order valence-corrected chi connectivity index (χ1v) is 8.39. The van der Waals surface area contributed by atoms with E-state index >= 15 is 0 Å². The van der Waals surface area contributed by atoms with Crippen LogP contribution in [-0.2, 0) is 17.8 Å². The van der Waals surface area contributed by atoms with Gasteiger partial charge in [0.1, 0.15) is 0 Å². The molecule has 1 aromatic carbocycles. The normalized spacial score (nSPS) is 14.1. The molecule has 0 atom stereocenters.